The molecule has 0 bridgehead atoms. The molecule has 0 aliphatic carbocycles. The highest BCUT2D eigenvalue weighted by Crippen LogP contribution is 2.23. The zero-order valence-corrected chi connectivity index (χ0v) is 13.5. The summed E-state index contributed by atoms with van der Waals surface area (Å²) in [5, 5.41) is 0.925. The Kier molecular flexibility index (Phi) is 5.40. The largest absolute Gasteiger partial charge is 0.292 e. The molecule has 1 atom stereocenters. The van der Waals surface area contributed by atoms with Gasteiger partial charge in [0.2, 0.25) is 0 Å². The highest BCUT2D eigenvalue weighted by molar-refractivity contribution is 6.37. The molecular weight excluding hydrogens is 305 g/mol. The molecule has 0 N–H and O–H groups in total. The van der Waals surface area contributed by atoms with Crippen molar-refractivity contribution in [1.29, 1.82) is 0 Å². The van der Waals surface area contributed by atoms with E-state index in [1.165, 1.54) is 5.56 Å². The Hall–Kier alpha value is -1.35. The molecule has 110 valence electrons. The maximum atomic E-state index is 12.5. The smallest absolute Gasteiger partial charge is 0.181 e. The molecule has 0 saturated heterocycles. The number of likely N-dealkylation sites (N-methyl/N-ethyl adjacent to an activating group) is 1. The second-order valence-corrected chi connectivity index (χ2v) is 5.91. The number of nitrogens with zero attached hydrogens (tertiary/aromatic N) is 1. The average molecular weight is 322 g/mol. The van der Waals surface area contributed by atoms with Gasteiger partial charge in [-0.05, 0) is 37.7 Å². The van der Waals surface area contributed by atoms with E-state index in [9.17, 15) is 4.79 Å². The van der Waals surface area contributed by atoms with Gasteiger partial charge in [-0.1, -0.05) is 53.5 Å². The highest BCUT2D eigenvalue weighted by Gasteiger charge is 2.21. The first-order valence-electron chi connectivity index (χ1n) is 6.72. The maximum Gasteiger partial charge on any atom is 0.181 e. The van der Waals surface area contributed by atoms with Crippen LogP contribution in [0.15, 0.2) is 48.5 Å². The van der Waals surface area contributed by atoms with Gasteiger partial charge in [0.15, 0.2) is 5.78 Å². The molecule has 21 heavy (non-hydrogen) atoms. The summed E-state index contributed by atoms with van der Waals surface area (Å²) in [5.74, 6) is -0.00454. The molecule has 2 aromatic rings. The van der Waals surface area contributed by atoms with Crippen LogP contribution < -0.4 is 0 Å². The van der Waals surface area contributed by atoms with E-state index in [-0.39, 0.29) is 11.8 Å². The van der Waals surface area contributed by atoms with E-state index in [0.717, 1.165) is 0 Å². The van der Waals surface area contributed by atoms with Gasteiger partial charge in [-0.25, -0.2) is 0 Å². The molecule has 0 heterocycles. The van der Waals surface area contributed by atoms with E-state index in [2.05, 4.69) is 0 Å². The Labute approximate surface area is 135 Å². The summed E-state index contributed by atoms with van der Waals surface area (Å²) in [4.78, 5) is 14.5. The van der Waals surface area contributed by atoms with E-state index < -0.39 is 0 Å². The number of ketones is 1. The lowest BCUT2D eigenvalue weighted by molar-refractivity contribution is 0.0862. The standard InChI is InChI=1S/C17H17Cl2NO/c1-12(20(2)11-13-6-4-3-5-7-13)17(21)15-9-8-14(18)10-16(15)19/h3-10,12H,11H2,1-2H3. The number of benzene rings is 2. The van der Waals surface area contributed by atoms with Crippen molar-refractivity contribution in [2.45, 2.75) is 19.5 Å². The second-order valence-electron chi connectivity index (χ2n) is 5.07. The molecule has 0 saturated carbocycles. The number of Topliss-reactive ketones (excluding diaryl/α,β-unsaturated/α-hetero) is 1. The number of carbonyl (C=O) groups excluding carboxylic acids is 1. The summed E-state index contributed by atoms with van der Waals surface area (Å²) in [5.41, 5.74) is 1.68. The van der Waals surface area contributed by atoms with Crippen molar-refractivity contribution >= 4 is 29.0 Å². The van der Waals surface area contributed by atoms with Gasteiger partial charge in [0.1, 0.15) is 0 Å². The van der Waals surface area contributed by atoms with Crippen LogP contribution in [0.4, 0.5) is 0 Å². The van der Waals surface area contributed by atoms with Crippen LogP contribution in [-0.2, 0) is 6.54 Å². The number of hydrogen-bond donors (Lipinski definition) is 0. The molecule has 2 nitrogen and oxygen atoms in total. The summed E-state index contributed by atoms with van der Waals surface area (Å²) in [6, 6.07) is 14.8. The zero-order valence-electron chi connectivity index (χ0n) is 12.0. The molecule has 0 fully saturated rings. The number of hydrogen-bond acceptors (Lipinski definition) is 2. The molecule has 0 amide bonds. The Balaban J connectivity index is 2.11. The fourth-order valence-electron chi connectivity index (χ4n) is 2.12. The molecular formula is C17H17Cl2NO. The first kappa shape index (κ1) is 16.0. The van der Waals surface area contributed by atoms with E-state index in [1.807, 2.05) is 49.2 Å². The monoisotopic (exact) mass is 321 g/mol. The summed E-state index contributed by atoms with van der Waals surface area (Å²) in [7, 11) is 1.93. The van der Waals surface area contributed by atoms with Gasteiger partial charge in [-0.2, -0.15) is 0 Å². The predicted molar refractivity (Wildman–Crippen MR) is 88.2 cm³/mol. The Morgan fingerprint density at radius 1 is 1.14 bits per heavy atom. The van der Waals surface area contributed by atoms with Crippen LogP contribution in [0.3, 0.4) is 0 Å². The van der Waals surface area contributed by atoms with E-state index in [0.29, 0.717) is 22.2 Å². The van der Waals surface area contributed by atoms with Crippen LogP contribution in [0, 0.1) is 0 Å². The zero-order chi connectivity index (χ0) is 15.4. The number of carbonyl (C=O) groups is 1. The van der Waals surface area contributed by atoms with E-state index in [1.54, 1.807) is 18.2 Å². The molecule has 1 unspecified atom stereocenters. The minimum atomic E-state index is -0.260. The summed E-state index contributed by atoms with van der Waals surface area (Å²) >= 11 is 12.0. The van der Waals surface area contributed by atoms with Crippen molar-refractivity contribution in [2.75, 3.05) is 7.05 Å². The molecule has 2 aromatic carbocycles. The van der Waals surface area contributed by atoms with Crippen molar-refractivity contribution in [3.05, 3.63) is 69.7 Å². The van der Waals surface area contributed by atoms with Crippen molar-refractivity contribution in [3.8, 4) is 0 Å². The van der Waals surface area contributed by atoms with Gasteiger partial charge in [0.25, 0.3) is 0 Å². The van der Waals surface area contributed by atoms with Crippen molar-refractivity contribution in [3.63, 3.8) is 0 Å². The third-order valence-electron chi connectivity index (χ3n) is 3.51. The minimum Gasteiger partial charge on any atom is -0.292 e. The Bertz CT molecular complexity index is 628. The van der Waals surface area contributed by atoms with Gasteiger partial charge in [0.05, 0.1) is 11.1 Å². The predicted octanol–water partition coefficient (Wildman–Crippen LogP) is 4.70. The van der Waals surface area contributed by atoms with Crippen LogP contribution >= 0.6 is 23.2 Å². The van der Waals surface area contributed by atoms with Gasteiger partial charge in [0, 0.05) is 17.1 Å². The molecule has 0 aliphatic heterocycles. The third kappa shape index (κ3) is 4.07. The Morgan fingerprint density at radius 3 is 2.43 bits per heavy atom. The van der Waals surface area contributed by atoms with Crippen LogP contribution in [0.25, 0.3) is 0 Å². The second kappa shape index (κ2) is 7.08. The lowest BCUT2D eigenvalue weighted by Crippen LogP contribution is -2.35. The molecule has 2 rings (SSSR count). The van der Waals surface area contributed by atoms with Crippen LogP contribution in [-0.4, -0.2) is 23.8 Å². The van der Waals surface area contributed by atoms with Crippen molar-refractivity contribution in [1.82, 2.24) is 4.90 Å². The lowest BCUT2D eigenvalue weighted by atomic mass is 10.0. The molecule has 0 radical (unpaired) electrons. The van der Waals surface area contributed by atoms with Gasteiger partial charge < -0.3 is 0 Å². The normalized spacial score (nSPS) is 12.4. The van der Waals surface area contributed by atoms with E-state index in [4.69, 9.17) is 23.2 Å². The van der Waals surface area contributed by atoms with Crippen molar-refractivity contribution in [2.24, 2.45) is 0 Å². The highest BCUT2D eigenvalue weighted by atomic mass is 35.5. The van der Waals surface area contributed by atoms with Crippen LogP contribution in [0.5, 0.6) is 0 Å². The fourth-order valence-corrected chi connectivity index (χ4v) is 2.62. The average Bonchev–Trinajstić information content (AvgIpc) is 2.47. The fraction of sp³-hybridized carbons (Fsp3) is 0.235. The molecule has 4 heteroatoms. The third-order valence-corrected chi connectivity index (χ3v) is 4.06. The maximum absolute atomic E-state index is 12.5. The van der Waals surface area contributed by atoms with Crippen molar-refractivity contribution < 1.29 is 4.79 Å². The SMILES string of the molecule is CC(C(=O)c1ccc(Cl)cc1Cl)N(C)Cc1ccccc1. The lowest BCUT2D eigenvalue weighted by Gasteiger charge is -2.24. The minimum absolute atomic E-state index is 0.00454. The quantitative estimate of drug-likeness (QED) is 0.744. The first-order valence-corrected chi connectivity index (χ1v) is 7.48. The Morgan fingerprint density at radius 2 is 1.81 bits per heavy atom. The topological polar surface area (TPSA) is 20.3 Å². The summed E-state index contributed by atoms with van der Waals surface area (Å²) < 4.78 is 0. The first-order chi connectivity index (χ1) is 9.99. The van der Waals surface area contributed by atoms with E-state index >= 15 is 0 Å². The van der Waals surface area contributed by atoms with Crippen LogP contribution in [0.2, 0.25) is 10.0 Å². The molecule has 0 spiro atoms. The summed E-state index contributed by atoms with van der Waals surface area (Å²) in [6.07, 6.45) is 0. The molecule has 0 aliphatic rings. The summed E-state index contributed by atoms with van der Waals surface area (Å²) in [6.45, 7) is 2.59. The molecule has 0 aromatic heterocycles. The van der Waals surface area contributed by atoms with Gasteiger partial charge in [-0.3, -0.25) is 9.69 Å². The van der Waals surface area contributed by atoms with Crippen LogP contribution in [0.1, 0.15) is 22.8 Å². The number of rotatable bonds is 5. The van der Waals surface area contributed by atoms with Gasteiger partial charge >= 0.3 is 0 Å². The van der Waals surface area contributed by atoms with Gasteiger partial charge in [-0.15, -0.1) is 0 Å². The number of halogens is 2.